The summed E-state index contributed by atoms with van der Waals surface area (Å²) in [6.45, 7) is 1.10. The third kappa shape index (κ3) is 1.12. The van der Waals surface area contributed by atoms with E-state index in [-0.39, 0.29) is 0 Å². The average molecular weight is 197 g/mol. The van der Waals surface area contributed by atoms with Crippen LogP contribution < -0.4 is 0 Å². The van der Waals surface area contributed by atoms with Gasteiger partial charge in [-0.25, -0.2) is 8.78 Å². The molecule has 1 aromatic rings. The molecule has 1 nitrogen and oxygen atoms in total. The second-order valence-electron chi connectivity index (χ2n) is 2.23. The van der Waals surface area contributed by atoms with Crippen LogP contribution in [0.4, 0.5) is 13.2 Å². The van der Waals surface area contributed by atoms with Crippen molar-refractivity contribution in [2.45, 2.75) is 6.92 Å². The predicted octanol–water partition coefficient (Wildman–Crippen LogP) is 2.77. The van der Waals surface area contributed by atoms with Crippen molar-refractivity contribution in [2.75, 3.05) is 0 Å². The molecule has 0 bridgehead atoms. The molecule has 12 heavy (non-hydrogen) atoms. The number of phenols is 1. The number of benzene rings is 1. The molecule has 0 aliphatic carbocycles. The molecular formula is C7H4ClF3O. The molecule has 1 N–H and O–H groups in total. The zero-order chi connectivity index (χ0) is 9.46. The zero-order valence-electron chi connectivity index (χ0n) is 5.96. The number of hydrogen-bond donors (Lipinski definition) is 1. The molecule has 0 spiro atoms. The highest BCUT2D eigenvalue weighted by atomic mass is 35.5. The molecular weight excluding hydrogens is 193 g/mol. The molecule has 0 aromatic heterocycles. The van der Waals surface area contributed by atoms with Gasteiger partial charge in [-0.3, -0.25) is 0 Å². The van der Waals surface area contributed by atoms with Crippen molar-refractivity contribution in [1.29, 1.82) is 0 Å². The Bertz CT molecular complexity index is 233. The van der Waals surface area contributed by atoms with Crippen LogP contribution in [0.15, 0.2) is 0 Å². The van der Waals surface area contributed by atoms with Crippen molar-refractivity contribution in [1.82, 2.24) is 0 Å². The van der Waals surface area contributed by atoms with Gasteiger partial charge in [-0.15, -0.1) is 0 Å². The Morgan fingerprint density at radius 3 is 2.08 bits per heavy atom. The molecule has 0 saturated carbocycles. The van der Waals surface area contributed by atoms with Crippen molar-refractivity contribution in [3.8, 4) is 5.75 Å². The molecule has 0 unspecified atom stereocenters. The maximum Gasteiger partial charge on any atom is 0.202 e. The van der Waals surface area contributed by atoms with E-state index < -0.39 is 33.8 Å². The SMILES string of the molecule is Cc1c(O)c(F)c(F)c(Cl)c1F. The molecule has 5 heteroatoms. The molecule has 0 saturated heterocycles. The molecule has 0 amide bonds. The lowest BCUT2D eigenvalue weighted by molar-refractivity contribution is 0.394. The van der Waals surface area contributed by atoms with Crippen LogP contribution in [0.5, 0.6) is 5.75 Å². The first-order valence-electron chi connectivity index (χ1n) is 2.98. The topological polar surface area (TPSA) is 20.2 Å². The van der Waals surface area contributed by atoms with Gasteiger partial charge >= 0.3 is 0 Å². The highest BCUT2D eigenvalue weighted by Gasteiger charge is 2.20. The lowest BCUT2D eigenvalue weighted by atomic mass is 10.2. The van der Waals surface area contributed by atoms with E-state index in [1.54, 1.807) is 0 Å². The van der Waals surface area contributed by atoms with Crippen molar-refractivity contribution in [3.05, 3.63) is 28.0 Å². The van der Waals surface area contributed by atoms with Crippen molar-refractivity contribution < 1.29 is 18.3 Å². The number of phenolic OH excluding ortho intramolecular Hbond substituents is 1. The zero-order valence-corrected chi connectivity index (χ0v) is 6.72. The summed E-state index contributed by atoms with van der Waals surface area (Å²) in [6, 6.07) is 0. The van der Waals surface area contributed by atoms with Crippen LogP contribution in [0.25, 0.3) is 0 Å². The first kappa shape index (κ1) is 9.19. The fraction of sp³-hybridized carbons (Fsp3) is 0.143. The third-order valence-corrected chi connectivity index (χ3v) is 1.80. The van der Waals surface area contributed by atoms with Gasteiger partial charge in [0.15, 0.2) is 17.4 Å². The molecule has 0 aliphatic heterocycles. The van der Waals surface area contributed by atoms with E-state index >= 15 is 0 Å². The Labute approximate surface area is 71.4 Å². The second-order valence-corrected chi connectivity index (χ2v) is 2.61. The Morgan fingerprint density at radius 2 is 1.58 bits per heavy atom. The van der Waals surface area contributed by atoms with Crippen LogP contribution in [-0.4, -0.2) is 5.11 Å². The summed E-state index contributed by atoms with van der Waals surface area (Å²) in [5.41, 5.74) is -0.404. The monoisotopic (exact) mass is 196 g/mol. The van der Waals surface area contributed by atoms with Crippen molar-refractivity contribution >= 4 is 11.6 Å². The molecule has 1 rings (SSSR count). The smallest absolute Gasteiger partial charge is 0.202 e. The highest BCUT2D eigenvalue weighted by molar-refractivity contribution is 6.31. The van der Waals surface area contributed by atoms with Gasteiger partial charge in [-0.2, -0.15) is 4.39 Å². The van der Waals surface area contributed by atoms with Crippen LogP contribution in [0, 0.1) is 24.4 Å². The van der Waals surface area contributed by atoms with E-state index in [1.807, 2.05) is 0 Å². The minimum Gasteiger partial charge on any atom is -0.504 e. The molecule has 0 radical (unpaired) electrons. The van der Waals surface area contributed by atoms with Gasteiger partial charge in [0.2, 0.25) is 5.82 Å². The first-order chi connectivity index (χ1) is 5.46. The first-order valence-corrected chi connectivity index (χ1v) is 3.36. The fourth-order valence-electron chi connectivity index (χ4n) is 0.730. The van der Waals surface area contributed by atoms with Crippen molar-refractivity contribution in [3.63, 3.8) is 0 Å². The quantitative estimate of drug-likeness (QED) is 0.500. The van der Waals surface area contributed by atoms with Gasteiger partial charge in [0.05, 0.1) is 0 Å². The fourth-order valence-corrected chi connectivity index (χ4v) is 0.955. The molecule has 1 aromatic carbocycles. The minimum atomic E-state index is -1.57. The summed E-state index contributed by atoms with van der Waals surface area (Å²) in [7, 11) is 0. The van der Waals surface area contributed by atoms with E-state index in [2.05, 4.69) is 0 Å². The normalized spacial score (nSPS) is 10.4. The second kappa shape index (κ2) is 2.86. The number of rotatable bonds is 0. The minimum absolute atomic E-state index is 0.404. The molecule has 66 valence electrons. The lowest BCUT2D eigenvalue weighted by Gasteiger charge is -2.04. The van der Waals surface area contributed by atoms with Gasteiger partial charge in [0.1, 0.15) is 5.02 Å². The summed E-state index contributed by atoms with van der Waals surface area (Å²) < 4.78 is 37.8. The van der Waals surface area contributed by atoms with E-state index in [9.17, 15) is 13.2 Å². The summed E-state index contributed by atoms with van der Waals surface area (Å²) in [4.78, 5) is 0. The lowest BCUT2D eigenvalue weighted by Crippen LogP contribution is -1.94. The van der Waals surface area contributed by atoms with Gasteiger partial charge in [0, 0.05) is 5.56 Å². The molecule has 0 aliphatic rings. The van der Waals surface area contributed by atoms with Gasteiger partial charge in [-0.1, -0.05) is 11.6 Å². The number of hydrogen-bond acceptors (Lipinski definition) is 1. The third-order valence-electron chi connectivity index (χ3n) is 1.47. The Morgan fingerprint density at radius 1 is 1.08 bits per heavy atom. The number of aromatic hydroxyl groups is 1. The van der Waals surface area contributed by atoms with Crippen molar-refractivity contribution in [2.24, 2.45) is 0 Å². The van der Waals surface area contributed by atoms with Crippen LogP contribution in [-0.2, 0) is 0 Å². The summed E-state index contributed by atoms with van der Waals surface area (Å²) in [5.74, 6) is -5.29. The van der Waals surface area contributed by atoms with Crippen LogP contribution in [0.2, 0.25) is 5.02 Å². The van der Waals surface area contributed by atoms with Gasteiger partial charge in [-0.05, 0) is 6.92 Å². The largest absolute Gasteiger partial charge is 0.504 e. The van der Waals surface area contributed by atoms with Gasteiger partial charge < -0.3 is 5.11 Å². The van der Waals surface area contributed by atoms with Gasteiger partial charge in [0.25, 0.3) is 0 Å². The van der Waals surface area contributed by atoms with Crippen LogP contribution in [0.1, 0.15) is 5.56 Å². The Hall–Kier alpha value is -0.900. The maximum absolute atomic E-state index is 12.7. The Kier molecular flexibility index (Phi) is 2.19. The standard InChI is InChI=1S/C7H4ClF3O/c1-2-4(9)3(8)5(10)6(11)7(2)12/h12H,1H3. The predicted molar refractivity (Wildman–Crippen MR) is 37.7 cm³/mol. The highest BCUT2D eigenvalue weighted by Crippen LogP contribution is 2.31. The van der Waals surface area contributed by atoms with E-state index in [0.717, 1.165) is 6.92 Å². The molecule has 0 atom stereocenters. The Balaban J connectivity index is 3.60. The summed E-state index contributed by atoms with van der Waals surface area (Å²) in [5, 5.41) is 7.84. The van der Waals surface area contributed by atoms with E-state index in [4.69, 9.17) is 16.7 Å². The summed E-state index contributed by atoms with van der Waals surface area (Å²) >= 11 is 5.06. The molecule has 0 fully saturated rings. The van der Waals surface area contributed by atoms with Crippen LogP contribution >= 0.6 is 11.6 Å². The molecule has 0 heterocycles. The van der Waals surface area contributed by atoms with E-state index in [1.165, 1.54) is 0 Å². The maximum atomic E-state index is 12.7. The average Bonchev–Trinajstić information content (AvgIpc) is 2.08. The van der Waals surface area contributed by atoms with E-state index in [0.29, 0.717) is 0 Å². The summed E-state index contributed by atoms with van der Waals surface area (Å²) in [6.07, 6.45) is 0. The number of halogens is 4. The van der Waals surface area contributed by atoms with Crippen LogP contribution in [0.3, 0.4) is 0 Å².